The van der Waals surface area contributed by atoms with E-state index in [0.29, 0.717) is 6.04 Å². The number of rotatable bonds is 9. The van der Waals surface area contributed by atoms with Crippen molar-refractivity contribution in [3.05, 3.63) is 95.1 Å². The summed E-state index contributed by atoms with van der Waals surface area (Å²) in [7, 11) is 0. The van der Waals surface area contributed by atoms with Crippen molar-refractivity contribution in [2.24, 2.45) is 0 Å². The summed E-state index contributed by atoms with van der Waals surface area (Å²) in [5.74, 6) is 1.16. The van der Waals surface area contributed by atoms with Crippen LogP contribution in [0.2, 0.25) is 0 Å². The maximum atomic E-state index is 10.2. The molecule has 2 heterocycles. The van der Waals surface area contributed by atoms with E-state index in [1.807, 2.05) is 25.1 Å². The molecule has 0 aromatic heterocycles. The lowest BCUT2D eigenvalue weighted by atomic mass is 9.86. The standard InChI is InChI=1S/C33H38N2O3/c1-3-4-17-34-27-16-19-35(22-27)18-6-7-24-10-12-25(13-11-24)33-32(26-8-5-9-28(36)20-26)23(2)30-21-29(37)14-15-31(30)38-33/h5-15,20-21,27,33-34,36-37H,3-4,16-19,22H2,1-2H3/b7-6+. The van der Waals surface area contributed by atoms with Crippen molar-refractivity contribution in [1.29, 1.82) is 0 Å². The molecule has 0 spiro atoms. The minimum absolute atomic E-state index is 0.203. The number of likely N-dealkylation sites (tertiary alicyclic amines) is 1. The van der Waals surface area contributed by atoms with E-state index < -0.39 is 0 Å². The molecule has 5 nitrogen and oxygen atoms in total. The van der Waals surface area contributed by atoms with E-state index >= 15 is 0 Å². The fourth-order valence-electron chi connectivity index (χ4n) is 5.49. The first-order chi connectivity index (χ1) is 18.5. The van der Waals surface area contributed by atoms with Gasteiger partial charge in [0.15, 0.2) is 0 Å². The highest BCUT2D eigenvalue weighted by molar-refractivity contribution is 5.95. The van der Waals surface area contributed by atoms with Crippen LogP contribution >= 0.6 is 0 Å². The summed E-state index contributed by atoms with van der Waals surface area (Å²) in [6.07, 6.45) is 7.84. The van der Waals surface area contributed by atoms with E-state index in [2.05, 4.69) is 53.6 Å². The number of aromatic hydroxyl groups is 2. The normalized spacial score (nSPS) is 19.6. The Kier molecular flexibility index (Phi) is 8.16. The van der Waals surface area contributed by atoms with Gasteiger partial charge < -0.3 is 20.3 Å². The number of allylic oxidation sites excluding steroid dienone is 1. The molecule has 3 N–H and O–H groups in total. The highest BCUT2D eigenvalue weighted by Gasteiger charge is 2.29. The van der Waals surface area contributed by atoms with Crippen LogP contribution in [0, 0.1) is 0 Å². The molecule has 0 bridgehead atoms. The molecule has 38 heavy (non-hydrogen) atoms. The van der Waals surface area contributed by atoms with Gasteiger partial charge in [0.05, 0.1) is 0 Å². The second kappa shape index (κ2) is 11.9. The maximum Gasteiger partial charge on any atom is 0.150 e. The lowest BCUT2D eigenvalue weighted by molar-refractivity contribution is 0.259. The Morgan fingerprint density at radius 2 is 1.84 bits per heavy atom. The first-order valence-electron chi connectivity index (χ1n) is 13.7. The molecular weight excluding hydrogens is 472 g/mol. The number of hydrogen-bond donors (Lipinski definition) is 3. The smallest absolute Gasteiger partial charge is 0.150 e. The van der Waals surface area contributed by atoms with E-state index in [0.717, 1.165) is 65.3 Å². The van der Waals surface area contributed by atoms with E-state index in [9.17, 15) is 10.2 Å². The average molecular weight is 511 g/mol. The minimum atomic E-state index is -0.325. The lowest BCUT2D eigenvalue weighted by Gasteiger charge is -2.31. The van der Waals surface area contributed by atoms with Crippen molar-refractivity contribution in [2.75, 3.05) is 26.2 Å². The SMILES string of the molecule is CCCCNC1CCN(C/C=C/c2ccc(C3Oc4ccc(O)cc4C(C)=C3c3cccc(O)c3)cc2)C1. The maximum absolute atomic E-state index is 10.2. The molecule has 5 rings (SSSR count). The number of ether oxygens (including phenoxy) is 1. The Labute approximate surface area is 226 Å². The largest absolute Gasteiger partial charge is 0.508 e. The lowest BCUT2D eigenvalue weighted by Crippen LogP contribution is -2.33. The Bertz CT molecular complexity index is 1310. The average Bonchev–Trinajstić information content (AvgIpc) is 3.37. The number of benzene rings is 3. The molecule has 3 aromatic rings. The molecule has 0 aliphatic carbocycles. The van der Waals surface area contributed by atoms with Gasteiger partial charge in [0.2, 0.25) is 0 Å². The fraction of sp³-hybridized carbons (Fsp3) is 0.333. The van der Waals surface area contributed by atoms with Crippen molar-refractivity contribution in [3.8, 4) is 17.2 Å². The van der Waals surface area contributed by atoms with Gasteiger partial charge in [-0.1, -0.05) is 61.9 Å². The van der Waals surface area contributed by atoms with Gasteiger partial charge in [0.1, 0.15) is 23.4 Å². The molecule has 1 fully saturated rings. The summed E-state index contributed by atoms with van der Waals surface area (Å²) >= 11 is 0. The summed E-state index contributed by atoms with van der Waals surface area (Å²) in [6.45, 7) is 8.64. The molecule has 0 radical (unpaired) electrons. The van der Waals surface area contributed by atoms with Crippen LogP contribution in [0.5, 0.6) is 17.2 Å². The van der Waals surface area contributed by atoms with E-state index in [-0.39, 0.29) is 17.6 Å². The number of unbranched alkanes of at least 4 members (excludes halogenated alkanes) is 1. The molecule has 3 aromatic carbocycles. The van der Waals surface area contributed by atoms with Crippen LogP contribution in [-0.2, 0) is 0 Å². The number of phenols is 2. The van der Waals surface area contributed by atoms with Gasteiger partial charge in [-0.2, -0.15) is 0 Å². The topological polar surface area (TPSA) is 65.0 Å². The van der Waals surface area contributed by atoms with Gasteiger partial charge in [-0.15, -0.1) is 0 Å². The van der Waals surface area contributed by atoms with E-state index in [4.69, 9.17) is 4.74 Å². The van der Waals surface area contributed by atoms with Gasteiger partial charge in [-0.3, -0.25) is 4.90 Å². The van der Waals surface area contributed by atoms with Crippen molar-refractivity contribution in [3.63, 3.8) is 0 Å². The Morgan fingerprint density at radius 1 is 1.03 bits per heavy atom. The van der Waals surface area contributed by atoms with Gasteiger partial charge >= 0.3 is 0 Å². The van der Waals surface area contributed by atoms with Crippen LogP contribution in [0.25, 0.3) is 17.2 Å². The van der Waals surface area contributed by atoms with Crippen LogP contribution in [0.3, 0.4) is 0 Å². The molecule has 1 saturated heterocycles. The van der Waals surface area contributed by atoms with Crippen molar-refractivity contribution < 1.29 is 14.9 Å². The predicted octanol–water partition coefficient (Wildman–Crippen LogP) is 6.64. The van der Waals surface area contributed by atoms with E-state index in [1.165, 1.54) is 19.3 Å². The molecule has 5 heteroatoms. The third kappa shape index (κ3) is 5.95. The zero-order chi connectivity index (χ0) is 26.5. The molecule has 2 unspecified atom stereocenters. The van der Waals surface area contributed by atoms with Gasteiger partial charge in [0.25, 0.3) is 0 Å². The molecule has 2 aliphatic heterocycles. The number of nitrogens with one attached hydrogen (secondary N) is 1. The van der Waals surface area contributed by atoms with Gasteiger partial charge in [0, 0.05) is 36.8 Å². The summed E-state index contributed by atoms with van der Waals surface area (Å²) in [5, 5.41) is 23.9. The van der Waals surface area contributed by atoms with Crippen LogP contribution in [0.4, 0.5) is 0 Å². The molecule has 2 aliphatic rings. The Morgan fingerprint density at radius 3 is 2.63 bits per heavy atom. The Balaban J connectivity index is 1.31. The molecule has 2 atom stereocenters. The number of phenolic OH excluding ortho intramolecular Hbond substituents is 2. The highest BCUT2D eigenvalue weighted by Crippen LogP contribution is 2.47. The summed E-state index contributed by atoms with van der Waals surface area (Å²) in [4.78, 5) is 2.51. The first kappa shape index (κ1) is 26.1. The molecule has 198 valence electrons. The molecular formula is C33H38N2O3. The highest BCUT2D eigenvalue weighted by atomic mass is 16.5. The van der Waals surface area contributed by atoms with Crippen LogP contribution in [0.1, 0.15) is 61.5 Å². The van der Waals surface area contributed by atoms with Crippen LogP contribution in [0.15, 0.2) is 72.8 Å². The molecule has 0 amide bonds. The van der Waals surface area contributed by atoms with Gasteiger partial charge in [-0.25, -0.2) is 0 Å². The fourth-order valence-corrected chi connectivity index (χ4v) is 5.49. The number of nitrogens with zero attached hydrogens (tertiary/aromatic N) is 1. The number of fused-ring (bicyclic) bond motifs is 1. The second-order valence-electron chi connectivity index (χ2n) is 10.4. The second-order valence-corrected chi connectivity index (χ2v) is 10.4. The monoisotopic (exact) mass is 510 g/mol. The minimum Gasteiger partial charge on any atom is -0.508 e. The summed E-state index contributed by atoms with van der Waals surface area (Å²) < 4.78 is 6.50. The first-order valence-corrected chi connectivity index (χ1v) is 13.7. The molecule has 0 saturated carbocycles. The summed E-state index contributed by atoms with van der Waals surface area (Å²) in [5.41, 5.74) is 5.97. The van der Waals surface area contributed by atoms with Gasteiger partial charge in [-0.05, 0) is 78.9 Å². The zero-order valence-corrected chi connectivity index (χ0v) is 22.4. The quantitative estimate of drug-likeness (QED) is 0.282. The number of hydrogen-bond acceptors (Lipinski definition) is 5. The van der Waals surface area contributed by atoms with Crippen molar-refractivity contribution in [2.45, 2.75) is 45.3 Å². The zero-order valence-electron chi connectivity index (χ0n) is 22.4. The summed E-state index contributed by atoms with van der Waals surface area (Å²) in [6, 6.07) is 21.6. The Hall–Kier alpha value is -3.54. The third-order valence-corrected chi connectivity index (χ3v) is 7.58. The van der Waals surface area contributed by atoms with Crippen molar-refractivity contribution >= 4 is 17.2 Å². The van der Waals surface area contributed by atoms with Crippen LogP contribution < -0.4 is 10.1 Å². The third-order valence-electron chi connectivity index (χ3n) is 7.58. The predicted molar refractivity (Wildman–Crippen MR) is 155 cm³/mol. The van der Waals surface area contributed by atoms with Crippen molar-refractivity contribution in [1.82, 2.24) is 10.2 Å². The van der Waals surface area contributed by atoms with Crippen LogP contribution in [-0.4, -0.2) is 47.3 Å². The van der Waals surface area contributed by atoms with E-state index in [1.54, 1.807) is 24.3 Å².